The van der Waals surface area contributed by atoms with Crippen LogP contribution in [0.2, 0.25) is 0 Å². The number of ether oxygens (including phenoxy) is 1. The SMILES string of the molecule is CNCc1ccncc1Oc1ccc(F)cc1F. The molecular formula is C13H12F2N2O. The molecule has 0 unspecified atom stereocenters. The Kier molecular flexibility index (Phi) is 3.84. The van der Waals surface area contributed by atoms with Crippen LogP contribution in [0.3, 0.4) is 0 Å². The fourth-order valence-electron chi connectivity index (χ4n) is 1.51. The fraction of sp³-hybridized carbons (Fsp3) is 0.154. The van der Waals surface area contributed by atoms with Gasteiger partial charge in [-0.2, -0.15) is 0 Å². The Morgan fingerprint density at radius 1 is 1.22 bits per heavy atom. The molecule has 3 nitrogen and oxygen atoms in total. The van der Waals surface area contributed by atoms with Crippen molar-refractivity contribution >= 4 is 0 Å². The van der Waals surface area contributed by atoms with E-state index in [0.29, 0.717) is 12.3 Å². The van der Waals surface area contributed by atoms with Crippen LogP contribution in [0.5, 0.6) is 11.5 Å². The second-order valence-corrected chi connectivity index (χ2v) is 3.69. The molecule has 18 heavy (non-hydrogen) atoms. The molecule has 0 aliphatic rings. The molecule has 1 heterocycles. The van der Waals surface area contributed by atoms with Crippen molar-refractivity contribution in [1.82, 2.24) is 10.3 Å². The summed E-state index contributed by atoms with van der Waals surface area (Å²) in [5.41, 5.74) is 0.844. The second-order valence-electron chi connectivity index (χ2n) is 3.69. The zero-order chi connectivity index (χ0) is 13.0. The Morgan fingerprint density at radius 3 is 2.78 bits per heavy atom. The molecule has 0 saturated carbocycles. The Hall–Kier alpha value is -2.01. The summed E-state index contributed by atoms with van der Waals surface area (Å²) >= 11 is 0. The van der Waals surface area contributed by atoms with Crippen LogP contribution in [-0.2, 0) is 6.54 Å². The Bertz CT molecular complexity index is 546. The lowest BCUT2D eigenvalue weighted by Crippen LogP contribution is -2.06. The molecule has 94 valence electrons. The molecule has 0 saturated heterocycles. The lowest BCUT2D eigenvalue weighted by Gasteiger charge is -2.10. The zero-order valence-electron chi connectivity index (χ0n) is 9.78. The number of hydrogen-bond acceptors (Lipinski definition) is 3. The standard InChI is InChI=1S/C13H12F2N2O/c1-16-7-9-4-5-17-8-13(9)18-12-3-2-10(14)6-11(12)15/h2-6,8,16H,7H2,1H3. The molecule has 0 aliphatic carbocycles. The lowest BCUT2D eigenvalue weighted by molar-refractivity contribution is 0.430. The summed E-state index contributed by atoms with van der Waals surface area (Å²) in [6.07, 6.45) is 3.12. The topological polar surface area (TPSA) is 34.2 Å². The van der Waals surface area contributed by atoms with Gasteiger partial charge >= 0.3 is 0 Å². The van der Waals surface area contributed by atoms with E-state index in [1.807, 2.05) is 0 Å². The molecule has 2 rings (SSSR count). The molecule has 1 aromatic heterocycles. The highest BCUT2D eigenvalue weighted by Gasteiger charge is 2.09. The quantitative estimate of drug-likeness (QED) is 0.906. The van der Waals surface area contributed by atoms with Gasteiger partial charge in [0.15, 0.2) is 11.6 Å². The van der Waals surface area contributed by atoms with Gasteiger partial charge in [0.25, 0.3) is 0 Å². The molecule has 0 fully saturated rings. The van der Waals surface area contributed by atoms with E-state index in [0.717, 1.165) is 17.7 Å². The third-order valence-corrected chi connectivity index (χ3v) is 2.35. The first-order valence-electron chi connectivity index (χ1n) is 5.41. The summed E-state index contributed by atoms with van der Waals surface area (Å²) in [5, 5.41) is 2.97. The van der Waals surface area contributed by atoms with Gasteiger partial charge in [-0.05, 0) is 25.2 Å². The van der Waals surface area contributed by atoms with Crippen molar-refractivity contribution in [2.24, 2.45) is 0 Å². The van der Waals surface area contributed by atoms with Crippen LogP contribution in [0.4, 0.5) is 8.78 Å². The van der Waals surface area contributed by atoms with Crippen LogP contribution in [0.15, 0.2) is 36.7 Å². The van der Waals surface area contributed by atoms with E-state index < -0.39 is 11.6 Å². The normalized spacial score (nSPS) is 10.4. The van der Waals surface area contributed by atoms with E-state index in [4.69, 9.17) is 4.74 Å². The van der Waals surface area contributed by atoms with Gasteiger partial charge < -0.3 is 10.1 Å². The number of pyridine rings is 1. The van der Waals surface area contributed by atoms with E-state index in [2.05, 4.69) is 10.3 Å². The van der Waals surface area contributed by atoms with Crippen molar-refractivity contribution in [2.75, 3.05) is 7.05 Å². The first-order chi connectivity index (χ1) is 8.70. The van der Waals surface area contributed by atoms with Crippen LogP contribution < -0.4 is 10.1 Å². The Morgan fingerprint density at radius 2 is 2.06 bits per heavy atom. The monoisotopic (exact) mass is 250 g/mol. The van der Waals surface area contributed by atoms with Crippen LogP contribution in [0, 0.1) is 11.6 Å². The maximum absolute atomic E-state index is 13.5. The first-order valence-corrected chi connectivity index (χ1v) is 5.41. The zero-order valence-corrected chi connectivity index (χ0v) is 9.78. The maximum Gasteiger partial charge on any atom is 0.168 e. The van der Waals surface area contributed by atoms with E-state index >= 15 is 0 Å². The number of rotatable bonds is 4. The summed E-state index contributed by atoms with van der Waals surface area (Å²) in [4.78, 5) is 3.92. The number of aromatic nitrogens is 1. The average Bonchev–Trinajstić information content (AvgIpc) is 2.35. The van der Waals surface area contributed by atoms with Gasteiger partial charge in [-0.25, -0.2) is 8.78 Å². The summed E-state index contributed by atoms with van der Waals surface area (Å²) in [7, 11) is 1.79. The number of nitrogens with zero attached hydrogens (tertiary/aromatic N) is 1. The highest BCUT2D eigenvalue weighted by molar-refractivity contribution is 5.36. The van der Waals surface area contributed by atoms with Crippen LogP contribution in [0.25, 0.3) is 0 Å². The number of nitrogens with one attached hydrogen (secondary N) is 1. The number of benzene rings is 1. The van der Waals surface area contributed by atoms with E-state index in [1.54, 1.807) is 19.3 Å². The molecule has 1 N–H and O–H groups in total. The van der Waals surface area contributed by atoms with Crippen LogP contribution >= 0.6 is 0 Å². The fourth-order valence-corrected chi connectivity index (χ4v) is 1.51. The van der Waals surface area contributed by atoms with Gasteiger partial charge in [-0.1, -0.05) is 0 Å². The molecule has 2 aromatic rings. The first kappa shape index (κ1) is 12.4. The highest BCUT2D eigenvalue weighted by atomic mass is 19.1. The van der Waals surface area contributed by atoms with Gasteiger partial charge in [-0.3, -0.25) is 4.98 Å². The third kappa shape index (κ3) is 2.81. The van der Waals surface area contributed by atoms with Crippen molar-refractivity contribution in [2.45, 2.75) is 6.54 Å². The minimum absolute atomic E-state index is 0.0262. The van der Waals surface area contributed by atoms with Crippen molar-refractivity contribution in [3.05, 3.63) is 53.9 Å². The highest BCUT2D eigenvalue weighted by Crippen LogP contribution is 2.27. The number of halogens is 2. The lowest BCUT2D eigenvalue weighted by atomic mass is 10.2. The summed E-state index contributed by atoms with van der Waals surface area (Å²) in [6.45, 7) is 0.570. The van der Waals surface area contributed by atoms with Crippen molar-refractivity contribution < 1.29 is 13.5 Å². The largest absolute Gasteiger partial charge is 0.452 e. The van der Waals surface area contributed by atoms with E-state index in [9.17, 15) is 8.78 Å². The minimum atomic E-state index is -0.741. The van der Waals surface area contributed by atoms with Gasteiger partial charge in [0.1, 0.15) is 11.6 Å². The van der Waals surface area contributed by atoms with E-state index in [-0.39, 0.29) is 5.75 Å². The van der Waals surface area contributed by atoms with Gasteiger partial charge in [0.2, 0.25) is 0 Å². The van der Waals surface area contributed by atoms with Crippen molar-refractivity contribution in [1.29, 1.82) is 0 Å². The molecule has 5 heteroatoms. The average molecular weight is 250 g/mol. The van der Waals surface area contributed by atoms with Gasteiger partial charge in [0, 0.05) is 24.4 Å². The smallest absolute Gasteiger partial charge is 0.168 e. The molecule has 0 aliphatic heterocycles. The third-order valence-electron chi connectivity index (χ3n) is 2.35. The van der Waals surface area contributed by atoms with Crippen LogP contribution in [-0.4, -0.2) is 12.0 Å². The number of hydrogen-bond donors (Lipinski definition) is 1. The molecular weight excluding hydrogens is 238 g/mol. The second kappa shape index (κ2) is 5.55. The maximum atomic E-state index is 13.5. The van der Waals surface area contributed by atoms with Gasteiger partial charge in [0.05, 0.1) is 6.20 Å². The molecule has 0 amide bonds. The molecule has 0 bridgehead atoms. The summed E-state index contributed by atoms with van der Waals surface area (Å²) in [5.74, 6) is -0.963. The van der Waals surface area contributed by atoms with Gasteiger partial charge in [-0.15, -0.1) is 0 Å². The summed E-state index contributed by atoms with van der Waals surface area (Å²) < 4.78 is 31.6. The Labute approximate surface area is 103 Å². The summed E-state index contributed by atoms with van der Waals surface area (Å²) in [6, 6.07) is 4.95. The Balaban J connectivity index is 2.28. The minimum Gasteiger partial charge on any atom is -0.452 e. The predicted octanol–water partition coefficient (Wildman–Crippen LogP) is 2.87. The van der Waals surface area contributed by atoms with Crippen molar-refractivity contribution in [3.8, 4) is 11.5 Å². The van der Waals surface area contributed by atoms with E-state index in [1.165, 1.54) is 12.3 Å². The molecule has 0 atom stereocenters. The van der Waals surface area contributed by atoms with Crippen molar-refractivity contribution in [3.63, 3.8) is 0 Å². The molecule has 0 spiro atoms. The molecule has 0 radical (unpaired) electrons. The van der Waals surface area contributed by atoms with Crippen LogP contribution in [0.1, 0.15) is 5.56 Å². The molecule has 1 aromatic carbocycles. The predicted molar refractivity (Wildman–Crippen MR) is 63.4 cm³/mol.